The molecule has 0 saturated heterocycles. The Morgan fingerprint density at radius 3 is 2.48 bits per heavy atom. The summed E-state index contributed by atoms with van der Waals surface area (Å²) in [5, 5.41) is 2.23. The number of rotatable bonds is 7. The van der Waals surface area contributed by atoms with Gasteiger partial charge in [0.15, 0.2) is 6.61 Å². The van der Waals surface area contributed by atoms with Crippen molar-refractivity contribution in [3.63, 3.8) is 0 Å². The van der Waals surface area contributed by atoms with E-state index < -0.39 is 36.6 Å². The van der Waals surface area contributed by atoms with Gasteiger partial charge in [-0.15, -0.1) is 0 Å². The zero-order valence-corrected chi connectivity index (χ0v) is 14.6. The Morgan fingerprint density at radius 2 is 2.00 bits per heavy atom. The fourth-order valence-electron chi connectivity index (χ4n) is 1.88. The number of aromatic nitrogens is 1. The molecule has 0 spiro atoms. The molecule has 0 aliphatic carbocycles. The summed E-state index contributed by atoms with van der Waals surface area (Å²) in [7, 11) is 1.20. The number of esters is 1. The van der Waals surface area contributed by atoms with Gasteiger partial charge in [0, 0.05) is 6.20 Å². The number of amides is 1. The van der Waals surface area contributed by atoms with Gasteiger partial charge in [-0.3, -0.25) is 4.79 Å². The summed E-state index contributed by atoms with van der Waals surface area (Å²) < 4.78 is 45.5. The number of hydrogen-bond acceptors (Lipinski definition) is 5. The molecule has 1 atom stereocenters. The SMILES string of the molecule is COC(=O)C(CC(C)C)NC(=O)c1cnc(OCC(F)(F)F)c(Cl)c1. The average molecular weight is 383 g/mol. The van der Waals surface area contributed by atoms with Gasteiger partial charge >= 0.3 is 12.1 Å². The van der Waals surface area contributed by atoms with Gasteiger partial charge in [-0.1, -0.05) is 25.4 Å². The third-order valence-electron chi connectivity index (χ3n) is 2.94. The summed E-state index contributed by atoms with van der Waals surface area (Å²) in [5.41, 5.74) is -0.0259. The highest BCUT2D eigenvalue weighted by Crippen LogP contribution is 2.25. The normalized spacial score (nSPS) is 12.6. The van der Waals surface area contributed by atoms with Crippen LogP contribution in [0, 0.1) is 5.92 Å². The predicted octanol–water partition coefficient (Wildman–Crippen LogP) is 2.99. The van der Waals surface area contributed by atoms with Crippen LogP contribution in [0.1, 0.15) is 30.6 Å². The minimum Gasteiger partial charge on any atom is -0.467 e. The van der Waals surface area contributed by atoms with Crippen LogP contribution >= 0.6 is 11.6 Å². The van der Waals surface area contributed by atoms with Gasteiger partial charge in [-0.25, -0.2) is 9.78 Å². The van der Waals surface area contributed by atoms with Crippen LogP contribution in [-0.2, 0) is 9.53 Å². The largest absolute Gasteiger partial charge is 0.467 e. The van der Waals surface area contributed by atoms with E-state index >= 15 is 0 Å². The van der Waals surface area contributed by atoms with E-state index in [9.17, 15) is 22.8 Å². The van der Waals surface area contributed by atoms with E-state index in [1.807, 2.05) is 13.8 Å². The highest BCUT2D eigenvalue weighted by molar-refractivity contribution is 6.32. The van der Waals surface area contributed by atoms with Crippen molar-refractivity contribution < 1.29 is 32.2 Å². The van der Waals surface area contributed by atoms with Crippen LogP contribution in [-0.4, -0.2) is 42.8 Å². The highest BCUT2D eigenvalue weighted by atomic mass is 35.5. The van der Waals surface area contributed by atoms with Crippen LogP contribution in [0.15, 0.2) is 12.3 Å². The molecular weight excluding hydrogens is 365 g/mol. The zero-order valence-electron chi connectivity index (χ0n) is 13.8. The van der Waals surface area contributed by atoms with Crippen LogP contribution in [0.5, 0.6) is 5.88 Å². The van der Waals surface area contributed by atoms with Gasteiger partial charge in [0.2, 0.25) is 5.88 Å². The molecule has 6 nitrogen and oxygen atoms in total. The number of nitrogens with one attached hydrogen (secondary N) is 1. The first-order valence-corrected chi connectivity index (χ1v) is 7.65. The molecule has 25 heavy (non-hydrogen) atoms. The second-order valence-electron chi connectivity index (χ2n) is 5.59. The smallest absolute Gasteiger partial charge is 0.422 e. The fourth-order valence-corrected chi connectivity index (χ4v) is 2.10. The van der Waals surface area contributed by atoms with E-state index in [0.717, 1.165) is 12.3 Å². The Morgan fingerprint density at radius 1 is 1.36 bits per heavy atom. The molecule has 1 rings (SSSR count). The zero-order chi connectivity index (χ0) is 19.2. The molecule has 1 unspecified atom stereocenters. The second-order valence-corrected chi connectivity index (χ2v) is 6.00. The third-order valence-corrected chi connectivity index (χ3v) is 3.21. The van der Waals surface area contributed by atoms with Crippen molar-refractivity contribution in [1.29, 1.82) is 0 Å². The summed E-state index contributed by atoms with van der Waals surface area (Å²) in [5.74, 6) is -1.59. The van der Waals surface area contributed by atoms with Crippen molar-refractivity contribution in [2.24, 2.45) is 5.92 Å². The topological polar surface area (TPSA) is 77.5 Å². The molecule has 0 aliphatic heterocycles. The summed E-state index contributed by atoms with van der Waals surface area (Å²) in [6, 6.07) is 0.247. The molecule has 1 N–H and O–H groups in total. The quantitative estimate of drug-likeness (QED) is 0.733. The van der Waals surface area contributed by atoms with Crippen molar-refractivity contribution in [1.82, 2.24) is 10.3 Å². The number of pyridine rings is 1. The first-order chi connectivity index (χ1) is 11.5. The predicted molar refractivity (Wildman–Crippen MR) is 83.5 cm³/mol. The van der Waals surface area contributed by atoms with Gasteiger partial charge in [0.25, 0.3) is 5.91 Å². The molecule has 0 bridgehead atoms. The number of carbonyl (C=O) groups excluding carboxylic acids is 2. The van der Waals surface area contributed by atoms with E-state index in [1.54, 1.807) is 0 Å². The lowest BCUT2D eigenvalue weighted by Gasteiger charge is -2.18. The van der Waals surface area contributed by atoms with Crippen LogP contribution in [0.3, 0.4) is 0 Å². The Kier molecular flexibility index (Phi) is 7.47. The maximum Gasteiger partial charge on any atom is 0.422 e. The number of nitrogens with zero attached hydrogens (tertiary/aromatic N) is 1. The number of hydrogen-bond donors (Lipinski definition) is 1. The van der Waals surface area contributed by atoms with Gasteiger partial charge in [-0.2, -0.15) is 13.2 Å². The molecule has 0 fully saturated rings. The van der Waals surface area contributed by atoms with Crippen molar-refractivity contribution in [3.8, 4) is 5.88 Å². The van der Waals surface area contributed by atoms with Crippen LogP contribution in [0.4, 0.5) is 13.2 Å². The molecule has 0 saturated carbocycles. The molecule has 1 aromatic rings. The average Bonchev–Trinajstić information content (AvgIpc) is 2.50. The van der Waals surface area contributed by atoms with Crippen molar-refractivity contribution in [2.45, 2.75) is 32.5 Å². The summed E-state index contributed by atoms with van der Waals surface area (Å²) in [4.78, 5) is 27.5. The second kappa shape index (κ2) is 8.89. The van der Waals surface area contributed by atoms with Crippen LogP contribution in [0.2, 0.25) is 5.02 Å². The van der Waals surface area contributed by atoms with Gasteiger partial charge in [0.05, 0.1) is 12.7 Å². The Balaban J connectivity index is 2.84. The van der Waals surface area contributed by atoms with Gasteiger partial charge in [-0.05, 0) is 18.4 Å². The highest BCUT2D eigenvalue weighted by Gasteiger charge is 2.29. The lowest BCUT2D eigenvalue weighted by atomic mass is 10.0. The molecule has 10 heteroatoms. The first kappa shape index (κ1) is 21.0. The molecule has 0 aromatic carbocycles. The Bertz CT molecular complexity index is 623. The maximum absolute atomic E-state index is 12.2. The molecule has 1 amide bonds. The first-order valence-electron chi connectivity index (χ1n) is 7.27. The maximum atomic E-state index is 12.2. The molecule has 0 aliphatic rings. The van der Waals surface area contributed by atoms with E-state index in [4.69, 9.17) is 11.6 Å². The van der Waals surface area contributed by atoms with E-state index in [0.29, 0.717) is 6.42 Å². The Labute approximate surface area is 147 Å². The van der Waals surface area contributed by atoms with Crippen molar-refractivity contribution in [2.75, 3.05) is 13.7 Å². The molecule has 140 valence electrons. The summed E-state index contributed by atoms with van der Waals surface area (Å²) >= 11 is 5.79. The van der Waals surface area contributed by atoms with Crippen LogP contribution in [0.25, 0.3) is 0 Å². The van der Waals surface area contributed by atoms with E-state index in [-0.39, 0.29) is 16.5 Å². The fraction of sp³-hybridized carbons (Fsp3) is 0.533. The molecule has 1 aromatic heterocycles. The number of halogens is 4. The molecule has 1 heterocycles. The lowest BCUT2D eigenvalue weighted by Crippen LogP contribution is -2.42. The number of methoxy groups -OCH3 is 1. The minimum absolute atomic E-state index is 0.0259. The van der Waals surface area contributed by atoms with E-state index in [1.165, 1.54) is 7.11 Å². The minimum atomic E-state index is -4.54. The number of ether oxygens (including phenoxy) is 2. The third kappa shape index (κ3) is 7.16. The summed E-state index contributed by atoms with van der Waals surface area (Å²) in [6.07, 6.45) is -3.17. The van der Waals surface area contributed by atoms with Crippen LogP contribution < -0.4 is 10.1 Å². The van der Waals surface area contributed by atoms with E-state index in [2.05, 4.69) is 19.8 Å². The Hall–Kier alpha value is -2.03. The summed E-state index contributed by atoms with van der Waals surface area (Å²) in [6.45, 7) is 2.19. The monoisotopic (exact) mass is 382 g/mol. The van der Waals surface area contributed by atoms with Gasteiger partial charge in [0.1, 0.15) is 11.1 Å². The lowest BCUT2D eigenvalue weighted by molar-refractivity contribution is -0.154. The molecule has 0 radical (unpaired) electrons. The standard InChI is InChI=1S/C15H18ClF3N2O4/c1-8(2)4-11(14(23)24-3)21-12(22)9-5-10(16)13(20-6-9)25-7-15(17,18)19/h5-6,8,11H,4,7H2,1-3H3,(H,21,22). The number of alkyl halides is 3. The van der Waals surface area contributed by atoms with Crippen molar-refractivity contribution in [3.05, 3.63) is 22.8 Å². The molecular formula is C15H18ClF3N2O4. The number of carbonyl (C=O) groups is 2. The van der Waals surface area contributed by atoms with Crippen molar-refractivity contribution >= 4 is 23.5 Å². The van der Waals surface area contributed by atoms with Gasteiger partial charge < -0.3 is 14.8 Å².